The van der Waals surface area contributed by atoms with Gasteiger partial charge in [-0.3, -0.25) is 0 Å². The van der Waals surface area contributed by atoms with E-state index in [0.717, 1.165) is 0 Å². The van der Waals surface area contributed by atoms with Gasteiger partial charge in [-0.2, -0.15) is 0 Å². The summed E-state index contributed by atoms with van der Waals surface area (Å²) >= 11 is 0. The third-order valence-electron chi connectivity index (χ3n) is 0.978. The molecule has 51 valence electrons. The molecule has 2 N–H and O–H groups in total. The van der Waals surface area contributed by atoms with Crippen LogP contribution < -0.4 is 0 Å². The van der Waals surface area contributed by atoms with Crippen molar-refractivity contribution in [1.29, 1.82) is 0 Å². The largest absolute Gasteiger partial charge is 0.479 e. The predicted octanol–water partition coefficient (Wildman–Crippen LogP) is -1.46. The number of hydrogen-bond acceptors (Lipinski definition) is 3. The van der Waals surface area contributed by atoms with Gasteiger partial charge in [-0.15, -0.1) is 0 Å². The summed E-state index contributed by atoms with van der Waals surface area (Å²) < 4.78 is 4.24. The average molecular weight is 171 g/mol. The van der Waals surface area contributed by atoms with Gasteiger partial charge in [0.2, 0.25) is 0 Å². The molecule has 1 radical (unpaired) electrons. The molecule has 0 aromatic heterocycles. The van der Waals surface area contributed by atoms with E-state index < -0.39 is 24.1 Å². The van der Waals surface area contributed by atoms with Crippen LogP contribution in [0, 0.1) is 0 Å². The molecule has 1 rings (SSSR count). The molecule has 1 saturated heterocycles. The molecule has 6 heteroatoms. The molecule has 1 aliphatic rings. The Labute approximate surface area is 98.8 Å². The Hall–Kier alpha value is 0.536. The predicted molar refractivity (Wildman–Crippen MR) is 29.7 cm³/mol. The maximum absolute atomic E-state index is 9.89. The first-order valence-corrected chi connectivity index (χ1v) is 2.24. The molecule has 0 aliphatic carbocycles. The van der Waals surface area contributed by atoms with E-state index in [1.807, 2.05) is 0 Å². The van der Waals surface area contributed by atoms with Gasteiger partial charge in [-0.05, 0) is 0 Å². The SMILES string of the molecule is O=C(O)[C@H]1O[C@H]1C(=O)O.[K]. The van der Waals surface area contributed by atoms with E-state index in [4.69, 9.17) is 10.2 Å². The van der Waals surface area contributed by atoms with Gasteiger partial charge in [0, 0.05) is 51.4 Å². The van der Waals surface area contributed by atoms with Crippen molar-refractivity contribution in [1.82, 2.24) is 0 Å². The summed E-state index contributed by atoms with van der Waals surface area (Å²) in [6.45, 7) is 0. The van der Waals surface area contributed by atoms with Gasteiger partial charge in [0.05, 0.1) is 0 Å². The zero-order valence-corrected chi connectivity index (χ0v) is 8.40. The van der Waals surface area contributed by atoms with Gasteiger partial charge in [0.25, 0.3) is 0 Å². The second-order valence-electron chi connectivity index (χ2n) is 1.65. The normalized spacial score (nSPS) is 28.4. The summed E-state index contributed by atoms with van der Waals surface area (Å²) in [5.41, 5.74) is 0. The van der Waals surface area contributed by atoms with Crippen LogP contribution in [0.3, 0.4) is 0 Å². The van der Waals surface area contributed by atoms with Gasteiger partial charge < -0.3 is 14.9 Å². The number of ether oxygens (including phenoxy) is 1. The molecular formula is C4H4KO5. The first-order chi connectivity index (χ1) is 4.13. The van der Waals surface area contributed by atoms with Crippen LogP contribution in [-0.4, -0.2) is 85.7 Å². The second-order valence-corrected chi connectivity index (χ2v) is 1.65. The van der Waals surface area contributed by atoms with Crippen LogP contribution in [0.5, 0.6) is 0 Å². The number of epoxide rings is 1. The smallest absolute Gasteiger partial charge is 0.336 e. The summed E-state index contributed by atoms with van der Waals surface area (Å²) in [5, 5.41) is 16.2. The summed E-state index contributed by atoms with van der Waals surface area (Å²) in [6.07, 6.45) is -2.25. The molecule has 5 nitrogen and oxygen atoms in total. The molecule has 0 spiro atoms. The Kier molecular flexibility index (Phi) is 4.00. The average Bonchev–Trinajstić information content (AvgIpc) is 2.39. The van der Waals surface area contributed by atoms with E-state index in [1.54, 1.807) is 0 Å². The topological polar surface area (TPSA) is 87.1 Å². The standard InChI is InChI=1S/C4H4O5.K/c5-3(6)1-2(9-1)4(7)8;/h1-2H,(H,5,6)(H,7,8);/t1-,2+;. The van der Waals surface area contributed by atoms with Crippen LogP contribution in [0.25, 0.3) is 0 Å². The fourth-order valence-electron chi connectivity index (χ4n) is 0.488. The molecule has 0 unspecified atom stereocenters. The van der Waals surface area contributed by atoms with Gasteiger partial charge >= 0.3 is 11.9 Å². The zero-order chi connectivity index (χ0) is 7.02. The van der Waals surface area contributed by atoms with E-state index in [2.05, 4.69) is 4.74 Å². The molecule has 0 aromatic rings. The first-order valence-electron chi connectivity index (χ1n) is 2.24. The Morgan fingerprint density at radius 3 is 1.50 bits per heavy atom. The van der Waals surface area contributed by atoms with E-state index in [-0.39, 0.29) is 51.4 Å². The fourth-order valence-corrected chi connectivity index (χ4v) is 0.488. The number of carboxylic acids is 2. The van der Waals surface area contributed by atoms with Crippen molar-refractivity contribution in [2.75, 3.05) is 0 Å². The van der Waals surface area contributed by atoms with E-state index in [0.29, 0.717) is 0 Å². The quantitative estimate of drug-likeness (QED) is 0.391. The molecule has 0 saturated carbocycles. The molecule has 0 bridgehead atoms. The van der Waals surface area contributed by atoms with Crippen molar-refractivity contribution in [3.05, 3.63) is 0 Å². The number of aliphatic carboxylic acids is 2. The van der Waals surface area contributed by atoms with Gasteiger partial charge in [0.1, 0.15) is 0 Å². The Balaban J connectivity index is 0.000000810. The van der Waals surface area contributed by atoms with E-state index >= 15 is 0 Å². The molecule has 0 amide bonds. The minimum absolute atomic E-state index is 0. The van der Waals surface area contributed by atoms with Gasteiger partial charge in [-0.25, -0.2) is 9.59 Å². The van der Waals surface area contributed by atoms with Crippen molar-refractivity contribution in [2.45, 2.75) is 12.2 Å². The van der Waals surface area contributed by atoms with Crippen LogP contribution in [0.4, 0.5) is 0 Å². The number of carbonyl (C=O) groups is 2. The van der Waals surface area contributed by atoms with Crippen molar-refractivity contribution in [3.8, 4) is 0 Å². The summed E-state index contributed by atoms with van der Waals surface area (Å²) in [6, 6.07) is 0. The third-order valence-corrected chi connectivity index (χ3v) is 0.978. The Bertz CT molecular complexity index is 149. The molecule has 1 aliphatic heterocycles. The minimum atomic E-state index is -1.22. The molecule has 1 fully saturated rings. The van der Waals surface area contributed by atoms with Crippen LogP contribution in [0.2, 0.25) is 0 Å². The van der Waals surface area contributed by atoms with Crippen molar-refractivity contribution >= 4 is 63.3 Å². The first kappa shape index (κ1) is 10.5. The second kappa shape index (κ2) is 3.79. The van der Waals surface area contributed by atoms with Crippen LogP contribution in [0.1, 0.15) is 0 Å². The third kappa shape index (κ3) is 2.29. The molecular weight excluding hydrogens is 167 g/mol. The summed E-state index contributed by atoms with van der Waals surface area (Å²) in [7, 11) is 0. The maximum Gasteiger partial charge on any atom is 0.336 e. The van der Waals surface area contributed by atoms with Crippen LogP contribution >= 0.6 is 0 Å². The molecule has 2 atom stereocenters. The molecule has 10 heavy (non-hydrogen) atoms. The Morgan fingerprint density at radius 2 is 1.40 bits per heavy atom. The van der Waals surface area contributed by atoms with Crippen molar-refractivity contribution in [3.63, 3.8) is 0 Å². The molecule has 0 aromatic carbocycles. The van der Waals surface area contributed by atoms with Crippen molar-refractivity contribution in [2.24, 2.45) is 0 Å². The van der Waals surface area contributed by atoms with E-state index in [1.165, 1.54) is 0 Å². The van der Waals surface area contributed by atoms with E-state index in [9.17, 15) is 9.59 Å². The summed E-state index contributed by atoms with van der Waals surface area (Å²) in [5.74, 6) is -2.44. The number of rotatable bonds is 2. The van der Waals surface area contributed by atoms with Gasteiger partial charge in [0.15, 0.2) is 12.2 Å². The van der Waals surface area contributed by atoms with Gasteiger partial charge in [-0.1, -0.05) is 0 Å². The molecule has 1 heterocycles. The Morgan fingerprint density at radius 1 is 1.10 bits per heavy atom. The number of hydrogen-bond donors (Lipinski definition) is 2. The monoisotopic (exact) mass is 171 g/mol. The summed E-state index contributed by atoms with van der Waals surface area (Å²) in [4.78, 5) is 19.8. The van der Waals surface area contributed by atoms with Crippen LogP contribution in [-0.2, 0) is 14.3 Å². The number of carboxylic acid groups (broad SMARTS) is 2. The maximum atomic E-state index is 9.89. The minimum Gasteiger partial charge on any atom is -0.479 e. The fraction of sp³-hybridized carbons (Fsp3) is 0.500. The zero-order valence-electron chi connectivity index (χ0n) is 5.27. The van der Waals surface area contributed by atoms with Crippen LogP contribution in [0.15, 0.2) is 0 Å². The van der Waals surface area contributed by atoms with Crippen molar-refractivity contribution < 1.29 is 24.5 Å².